The molecule has 17 heavy (non-hydrogen) atoms. The molecule has 1 amide bonds. The van der Waals surface area contributed by atoms with Gasteiger partial charge in [0.15, 0.2) is 0 Å². The molecular formula is C11H12N2O4. The van der Waals surface area contributed by atoms with E-state index in [0.717, 1.165) is 0 Å². The third kappa shape index (κ3) is 2.26. The van der Waals surface area contributed by atoms with Crippen molar-refractivity contribution >= 4 is 11.9 Å². The number of nitrogens with zero attached hydrogens (tertiary/aromatic N) is 2. The van der Waals surface area contributed by atoms with Gasteiger partial charge < -0.3 is 15.1 Å². The standard InChI is InChI=1S/C11H12N2O4/c14-8-4-9(11(16)17)13(6-8)10(15)7-2-1-3-12-5-7/h1-3,5,8-9,14H,4,6H2,(H,16,17)/t8-,9+/m1/s1. The molecule has 6 nitrogen and oxygen atoms in total. The lowest BCUT2D eigenvalue weighted by molar-refractivity contribution is -0.141. The van der Waals surface area contributed by atoms with Crippen LogP contribution in [0.4, 0.5) is 0 Å². The number of pyridine rings is 1. The van der Waals surface area contributed by atoms with E-state index < -0.39 is 24.0 Å². The van der Waals surface area contributed by atoms with Crippen molar-refractivity contribution in [3.8, 4) is 0 Å². The molecule has 6 heteroatoms. The number of carbonyl (C=O) groups excluding carboxylic acids is 1. The normalized spacial score (nSPS) is 23.7. The van der Waals surface area contributed by atoms with Crippen LogP contribution in [-0.2, 0) is 4.79 Å². The van der Waals surface area contributed by atoms with Gasteiger partial charge in [-0.25, -0.2) is 4.79 Å². The molecule has 1 saturated heterocycles. The van der Waals surface area contributed by atoms with Gasteiger partial charge in [-0.1, -0.05) is 0 Å². The van der Waals surface area contributed by atoms with Crippen LogP contribution in [0, 0.1) is 0 Å². The molecule has 1 aliphatic rings. The summed E-state index contributed by atoms with van der Waals surface area (Å²) >= 11 is 0. The second-order valence-corrected chi connectivity index (χ2v) is 3.94. The third-order valence-corrected chi connectivity index (χ3v) is 2.73. The van der Waals surface area contributed by atoms with Gasteiger partial charge in [0.25, 0.3) is 5.91 Å². The largest absolute Gasteiger partial charge is 0.480 e. The highest BCUT2D eigenvalue weighted by Crippen LogP contribution is 2.20. The molecule has 2 atom stereocenters. The second kappa shape index (κ2) is 4.50. The quantitative estimate of drug-likeness (QED) is 0.738. The summed E-state index contributed by atoms with van der Waals surface area (Å²) in [6.45, 7) is 0.0463. The Hall–Kier alpha value is -1.95. The van der Waals surface area contributed by atoms with Gasteiger partial charge >= 0.3 is 5.97 Å². The average Bonchev–Trinajstić information content (AvgIpc) is 2.72. The minimum Gasteiger partial charge on any atom is -0.480 e. The van der Waals surface area contributed by atoms with Gasteiger partial charge in [0.05, 0.1) is 11.7 Å². The Balaban J connectivity index is 2.22. The van der Waals surface area contributed by atoms with Crippen LogP contribution in [0.25, 0.3) is 0 Å². The van der Waals surface area contributed by atoms with E-state index in [2.05, 4.69) is 4.98 Å². The summed E-state index contributed by atoms with van der Waals surface area (Å²) in [7, 11) is 0. The zero-order valence-electron chi connectivity index (χ0n) is 8.98. The van der Waals surface area contributed by atoms with E-state index in [1.807, 2.05) is 0 Å². The number of hydrogen-bond acceptors (Lipinski definition) is 4. The molecule has 0 bridgehead atoms. The minimum absolute atomic E-state index is 0.0463. The highest BCUT2D eigenvalue weighted by Gasteiger charge is 2.39. The Morgan fingerprint density at radius 2 is 2.24 bits per heavy atom. The summed E-state index contributed by atoms with van der Waals surface area (Å²) in [5.41, 5.74) is 0.327. The Morgan fingerprint density at radius 3 is 2.82 bits per heavy atom. The number of carboxylic acids is 1. The van der Waals surface area contributed by atoms with Crippen molar-refractivity contribution in [3.05, 3.63) is 30.1 Å². The molecule has 0 spiro atoms. The zero-order valence-corrected chi connectivity index (χ0v) is 8.98. The van der Waals surface area contributed by atoms with Gasteiger partial charge in [0, 0.05) is 25.4 Å². The van der Waals surface area contributed by atoms with Gasteiger partial charge in [0.1, 0.15) is 6.04 Å². The topological polar surface area (TPSA) is 90.7 Å². The zero-order chi connectivity index (χ0) is 12.4. The van der Waals surface area contributed by atoms with Crippen LogP contribution in [0.2, 0.25) is 0 Å². The van der Waals surface area contributed by atoms with E-state index in [4.69, 9.17) is 5.11 Å². The predicted molar refractivity (Wildman–Crippen MR) is 57.3 cm³/mol. The van der Waals surface area contributed by atoms with Crippen LogP contribution in [0.3, 0.4) is 0 Å². The van der Waals surface area contributed by atoms with Gasteiger partial charge in [-0.2, -0.15) is 0 Å². The fourth-order valence-electron chi connectivity index (χ4n) is 1.93. The summed E-state index contributed by atoms with van der Waals surface area (Å²) in [5, 5.41) is 18.4. The molecule has 0 unspecified atom stereocenters. The molecule has 1 fully saturated rings. The van der Waals surface area contributed by atoms with Gasteiger partial charge in [-0.05, 0) is 12.1 Å². The first-order valence-corrected chi connectivity index (χ1v) is 5.21. The number of aliphatic carboxylic acids is 1. The van der Waals surface area contributed by atoms with Crippen molar-refractivity contribution in [1.82, 2.24) is 9.88 Å². The molecule has 2 N–H and O–H groups in total. The maximum atomic E-state index is 12.0. The lowest BCUT2D eigenvalue weighted by Crippen LogP contribution is -2.40. The molecular weight excluding hydrogens is 224 g/mol. The van der Waals surface area contributed by atoms with Crippen LogP contribution in [-0.4, -0.2) is 50.7 Å². The molecule has 1 aliphatic heterocycles. The average molecular weight is 236 g/mol. The second-order valence-electron chi connectivity index (χ2n) is 3.94. The van der Waals surface area contributed by atoms with Crippen LogP contribution in [0.1, 0.15) is 16.8 Å². The number of amides is 1. The predicted octanol–water partition coefficient (Wildman–Crippen LogP) is -0.258. The monoisotopic (exact) mass is 236 g/mol. The SMILES string of the molecule is O=C(O)[C@@H]1C[C@@H](O)CN1C(=O)c1cccnc1. The van der Waals surface area contributed by atoms with Crippen molar-refractivity contribution in [2.75, 3.05) is 6.54 Å². The van der Waals surface area contributed by atoms with Crippen molar-refractivity contribution in [1.29, 1.82) is 0 Å². The Kier molecular flexibility index (Phi) is 3.06. The molecule has 1 aromatic rings. The first-order valence-electron chi connectivity index (χ1n) is 5.21. The fraction of sp³-hybridized carbons (Fsp3) is 0.364. The summed E-state index contributed by atoms with van der Waals surface area (Å²) < 4.78 is 0. The van der Waals surface area contributed by atoms with E-state index in [0.29, 0.717) is 5.56 Å². The van der Waals surface area contributed by atoms with E-state index in [-0.39, 0.29) is 13.0 Å². The third-order valence-electron chi connectivity index (χ3n) is 2.73. The number of β-amino-alcohol motifs (C(OH)–C–C–N with tert-alkyl or cyclic N) is 1. The summed E-state index contributed by atoms with van der Waals surface area (Å²) in [6.07, 6.45) is 2.20. The lowest BCUT2D eigenvalue weighted by atomic mass is 10.2. The fourth-order valence-corrected chi connectivity index (χ4v) is 1.93. The van der Waals surface area contributed by atoms with Gasteiger partial charge in [-0.15, -0.1) is 0 Å². The van der Waals surface area contributed by atoms with Crippen molar-refractivity contribution in [2.45, 2.75) is 18.6 Å². The molecule has 0 aromatic carbocycles. The molecule has 0 aliphatic carbocycles. The maximum absolute atomic E-state index is 12.0. The van der Waals surface area contributed by atoms with Crippen LogP contribution in [0.5, 0.6) is 0 Å². The smallest absolute Gasteiger partial charge is 0.326 e. The van der Waals surface area contributed by atoms with E-state index in [1.165, 1.54) is 17.3 Å². The molecule has 1 aromatic heterocycles. The maximum Gasteiger partial charge on any atom is 0.326 e. The van der Waals surface area contributed by atoms with Crippen LogP contribution in [0.15, 0.2) is 24.5 Å². The first kappa shape index (κ1) is 11.5. The highest BCUT2D eigenvalue weighted by atomic mass is 16.4. The van der Waals surface area contributed by atoms with Crippen molar-refractivity contribution in [3.63, 3.8) is 0 Å². The molecule has 0 radical (unpaired) electrons. The molecule has 0 saturated carbocycles. The Morgan fingerprint density at radius 1 is 1.47 bits per heavy atom. The van der Waals surface area contributed by atoms with E-state index >= 15 is 0 Å². The summed E-state index contributed by atoms with van der Waals surface area (Å²) in [6, 6.07) is 2.21. The number of aromatic nitrogens is 1. The number of carbonyl (C=O) groups is 2. The molecule has 90 valence electrons. The number of rotatable bonds is 2. The van der Waals surface area contributed by atoms with E-state index in [9.17, 15) is 14.7 Å². The first-order chi connectivity index (χ1) is 8.09. The Labute approximate surface area is 97.5 Å². The number of carboxylic acid groups (broad SMARTS) is 1. The van der Waals surface area contributed by atoms with E-state index in [1.54, 1.807) is 12.1 Å². The number of aliphatic hydroxyl groups is 1. The number of hydrogen-bond donors (Lipinski definition) is 2. The van der Waals surface area contributed by atoms with Gasteiger partial charge in [0.2, 0.25) is 0 Å². The number of likely N-dealkylation sites (tertiary alicyclic amines) is 1. The number of aliphatic hydroxyl groups excluding tert-OH is 1. The summed E-state index contributed by atoms with van der Waals surface area (Å²) in [4.78, 5) is 28.0. The Bertz CT molecular complexity index is 434. The minimum atomic E-state index is -1.10. The van der Waals surface area contributed by atoms with Crippen LogP contribution >= 0.6 is 0 Å². The van der Waals surface area contributed by atoms with Crippen LogP contribution < -0.4 is 0 Å². The highest BCUT2D eigenvalue weighted by molar-refractivity contribution is 5.96. The van der Waals surface area contributed by atoms with Crippen molar-refractivity contribution in [2.24, 2.45) is 0 Å². The lowest BCUT2D eigenvalue weighted by Gasteiger charge is -2.20. The molecule has 2 heterocycles. The van der Waals surface area contributed by atoms with Gasteiger partial charge in [-0.3, -0.25) is 9.78 Å². The molecule has 2 rings (SSSR count). The summed E-state index contributed by atoms with van der Waals surface area (Å²) in [5.74, 6) is -1.51. The van der Waals surface area contributed by atoms with Crippen molar-refractivity contribution < 1.29 is 19.8 Å².